The highest BCUT2D eigenvalue weighted by atomic mass is 32.2. The molecule has 8 nitrogen and oxygen atoms in total. The van der Waals surface area contributed by atoms with Gasteiger partial charge in [-0.05, 0) is 49.1 Å². The number of nitrogens with one attached hydrogen (secondary N) is 1. The minimum absolute atomic E-state index is 0.118. The van der Waals surface area contributed by atoms with Crippen LogP contribution in [0.5, 0.6) is 5.75 Å². The lowest BCUT2D eigenvalue weighted by molar-refractivity contribution is -0.141. The first kappa shape index (κ1) is 28.2. The molecule has 2 aromatic rings. The molecular formula is C26H37N3O5S. The molecule has 0 aromatic heterocycles. The largest absolute Gasteiger partial charge is 0.497 e. The molecule has 0 aliphatic heterocycles. The average molecular weight is 504 g/mol. The molecule has 35 heavy (non-hydrogen) atoms. The summed E-state index contributed by atoms with van der Waals surface area (Å²) in [6, 6.07) is 15.7. The van der Waals surface area contributed by atoms with Crippen molar-refractivity contribution in [1.82, 2.24) is 10.2 Å². The van der Waals surface area contributed by atoms with Crippen molar-refractivity contribution < 1.29 is 22.7 Å². The Morgan fingerprint density at radius 3 is 2.23 bits per heavy atom. The van der Waals surface area contributed by atoms with Crippen LogP contribution in [0.15, 0.2) is 54.6 Å². The lowest BCUT2D eigenvalue weighted by atomic mass is 10.1. The number of amides is 2. The smallest absolute Gasteiger partial charge is 0.242 e. The summed E-state index contributed by atoms with van der Waals surface area (Å²) < 4.78 is 31.3. The monoisotopic (exact) mass is 503 g/mol. The highest BCUT2D eigenvalue weighted by molar-refractivity contribution is 7.92. The second-order valence-electron chi connectivity index (χ2n) is 8.36. The molecule has 0 unspecified atom stereocenters. The minimum Gasteiger partial charge on any atom is -0.497 e. The van der Waals surface area contributed by atoms with Gasteiger partial charge in [0.05, 0.1) is 19.1 Å². The molecule has 0 bridgehead atoms. The number of sulfonamides is 1. The second kappa shape index (κ2) is 13.7. The Balaban J connectivity index is 2.16. The molecule has 0 heterocycles. The summed E-state index contributed by atoms with van der Waals surface area (Å²) in [6.45, 7) is 4.87. The van der Waals surface area contributed by atoms with Crippen molar-refractivity contribution in [3.63, 3.8) is 0 Å². The molecule has 1 N–H and O–H groups in total. The maximum atomic E-state index is 13.3. The number of carbonyl (C=O) groups excluding carboxylic acids is 2. The van der Waals surface area contributed by atoms with Gasteiger partial charge < -0.3 is 15.0 Å². The Morgan fingerprint density at radius 1 is 1.03 bits per heavy atom. The quantitative estimate of drug-likeness (QED) is 0.425. The summed E-state index contributed by atoms with van der Waals surface area (Å²) in [6.07, 6.45) is 2.87. The lowest BCUT2D eigenvalue weighted by Crippen LogP contribution is -2.49. The molecule has 2 aromatic carbocycles. The molecular weight excluding hydrogens is 466 g/mol. The maximum absolute atomic E-state index is 13.3. The first-order chi connectivity index (χ1) is 16.7. The van der Waals surface area contributed by atoms with Gasteiger partial charge in [0.1, 0.15) is 11.8 Å². The van der Waals surface area contributed by atoms with Gasteiger partial charge in [0.2, 0.25) is 21.8 Å². The van der Waals surface area contributed by atoms with Crippen LogP contribution in [-0.2, 0) is 26.2 Å². The van der Waals surface area contributed by atoms with Crippen LogP contribution in [0, 0.1) is 0 Å². The zero-order chi connectivity index (χ0) is 25.8. The van der Waals surface area contributed by atoms with Gasteiger partial charge in [0.25, 0.3) is 0 Å². The Labute approximate surface area is 209 Å². The molecule has 0 aliphatic rings. The van der Waals surface area contributed by atoms with E-state index in [1.54, 1.807) is 36.3 Å². The molecule has 0 saturated heterocycles. The van der Waals surface area contributed by atoms with E-state index in [9.17, 15) is 18.0 Å². The second-order valence-corrected chi connectivity index (χ2v) is 10.3. The fourth-order valence-electron chi connectivity index (χ4n) is 3.82. The molecule has 0 radical (unpaired) electrons. The Kier molecular flexibility index (Phi) is 11.0. The van der Waals surface area contributed by atoms with Crippen LogP contribution in [0.1, 0.15) is 45.1 Å². The SMILES string of the molecule is CCCNC(=O)[C@H](CC)N(Cc1ccccc1)C(=O)CCCN(c1ccc(OC)cc1)S(C)(=O)=O. The summed E-state index contributed by atoms with van der Waals surface area (Å²) in [5.74, 6) is 0.269. The summed E-state index contributed by atoms with van der Waals surface area (Å²) in [7, 11) is -2.00. The van der Waals surface area contributed by atoms with E-state index < -0.39 is 16.1 Å². The van der Waals surface area contributed by atoms with Crippen LogP contribution in [0.4, 0.5) is 5.69 Å². The summed E-state index contributed by atoms with van der Waals surface area (Å²) in [5, 5.41) is 2.90. The fourth-order valence-corrected chi connectivity index (χ4v) is 4.78. The fraction of sp³-hybridized carbons (Fsp3) is 0.462. The number of rotatable bonds is 14. The molecule has 9 heteroatoms. The summed E-state index contributed by atoms with van der Waals surface area (Å²) in [5.41, 5.74) is 1.44. The topological polar surface area (TPSA) is 96.0 Å². The first-order valence-electron chi connectivity index (χ1n) is 11.9. The molecule has 1 atom stereocenters. The summed E-state index contributed by atoms with van der Waals surface area (Å²) >= 11 is 0. The Morgan fingerprint density at radius 2 is 1.69 bits per heavy atom. The third-order valence-corrected chi connectivity index (χ3v) is 6.84. The third-order valence-electron chi connectivity index (χ3n) is 5.64. The van der Waals surface area contributed by atoms with E-state index in [4.69, 9.17) is 4.74 Å². The highest BCUT2D eigenvalue weighted by Gasteiger charge is 2.28. The number of nitrogens with zero attached hydrogens (tertiary/aromatic N) is 2. The summed E-state index contributed by atoms with van der Waals surface area (Å²) in [4.78, 5) is 27.8. The van der Waals surface area contributed by atoms with Crippen LogP contribution in [-0.4, -0.2) is 57.6 Å². The van der Waals surface area contributed by atoms with E-state index in [1.165, 1.54) is 4.31 Å². The van der Waals surface area contributed by atoms with Gasteiger partial charge >= 0.3 is 0 Å². The molecule has 192 valence electrons. The van der Waals surface area contributed by atoms with Crippen molar-refractivity contribution in [2.45, 2.75) is 52.1 Å². The standard InChI is InChI=1S/C26H37N3O5S/c1-5-18-27-26(31)24(6-2)28(20-21-11-8-7-9-12-21)25(30)13-10-19-29(35(4,32)33)22-14-16-23(34-3)17-15-22/h7-9,11-12,14-17,24H,5-6,10,13,18-20H2,1-4H3,(H,27,31)/t24-/m0/s1. The number of carbonyl (C=O) groups is 2. The van der Waals surface area contributed by atoms with Crippen LogP contribution >= 0.6 is 0 Å². The van der Waals surface area contributed by atoms with E-state index in [2.05, 4.69) is 5.32 Å². The predicted octanol–water partition coefficient (Wildman–Crippen LogP) is 3.58. The number of hydrogen-bond acceptors (Lipinski definition) is 5. The van der Waals surface area contributed by atoms with Crippen LogP contribution < -0.4 is 14.4 Å². The first-order valence-corrected chi connectivity index (χ1v) is 13.8. The molecule has 0 fully saturated rings. The van der Waals surface area contributed by atoms with Gasteiger partial charge in [-0.1, -0.05) is 44.2 Å². The van der Waals surface area contributed by atoms with Crippen LogP contribution in [0.3, 0.4) is 0 Å². The van der Waals surface area contributed by atoms with Gasteiger partial charge in [-0.3, -0.25) is 13.9 Å². The molecule has 0 aliphatic carbocycles. The van der Waals surface area contributed by atoms with Gasteiger partial charge in [0.15, 0.2) is 0 Å². The van der Waals surface area contributed by atoms with Crippen molar-refractivity contribution in [1.29, 1.82) is 0 Å². The Bertz CT molecular complexity index is 1040. The molecule has 0 spiro atoms. The van der Waals surface area contributed by atoms with Crippen LogP contribution in [0.2, 0.25) is 0 Å². The van der Waals surface area contributed by atoms with E-state index in [-0.39, 0.29) is 24.8 Å². The van der Waals surface area contributed by atoms with Crippen molar-refractivity contribution >= 4 is 27.5 Å². The average Bonchev–Trinajstić information content (AvgIpc) is 2.85. The normalized spacial score (nSPS) is 12.0. The van der Waals surface area contributed by atoms with Crippen molar-refractivity contribution in [2.75, 3.05) is 30.8 Å². The minimum atomic E-state index is -3.55. The molecule has 2 rings (SSSR count). The van der Waals surface area contributed by atoms with Crippen LogP contribution in [0.25, 0.3) is 0 Å². The van der Waals surface area contributed by atoms with Gasteiger partial charge in [-0.15, -0.1) is 0 Å². The number of methoxy groups -OCH3 is 1. The molecule has 0 saturated carbocycles. The predicted molar refractivity (Wildman–Crippen MR) is 139 cm³/mol. The number of ether oxygens (including phenoxy) is 1. The maximum Gasteiger partial charge on any atom is 0.242 e. The van der Waals surface area contributed by atoms with Crippen molar-refractivity contribution in [2.24, 2.45) is 0 Å². The lowest BCUT2D eigenvalue weighted by Gasteiger charge is -2.31. The zero-order valence-corrected chi connectivity index (χ0v) is 21.9. The highest BCUT2D eigenvalue weighted by Crippen LogP contribution is 2.22. The zero-order valence-electron chi connectivity index (χ0n) is 21.1. The van der Waals surface area contributed by atoms with E-state index >= 15 is 0 Å². The third kappa shape index (κ3) is 8.58. The van der Waals surface area contributed by atoms with E-state index in [0.29, 0.717) is 37.4 Å². The van der Waals surface area contributed by atoms with Gasteiger partial charge in [0, 0.05) is 26.1 Å². The van der Waals surface area contributed by atoms with E-state index in [0.717, 1.165) is 18.2 Å². The molecule has 2 amide bonds. The number of benzene rings is 2. The number of hydrogen-bond donors (Lipinski definition) is 1. The van der Waals surface area contributed by atoms with Gasteiger partial charge in [-0.2, -0.15) is 0 Å². The number of anilines is 1. The van der Waals surface area contributed by atoms with Gasteiger partial charge in [-0.25, -0.2) is 8.42 Å². The van der Waals surface area contributed by atoms with Crippen molar-refractivity contribution in [3.05, 3.63) is 60.2 Å². The van der Waals surface area contributed by atoms with E-state index in [1.807, 2.05) is 44.2 Å². The Hall–Kier alpha value is -3.07. The van der Waals surface area contributed by atoms with Crippen molar-refractivity contribution in [3.8, 4) is 5.75 Å².